The van der Waals surface area contributed by atoms with Crippen molar-refractivity contribution in [1.29, 1.82) is 0 Å². The van der Waals surface area contributed by atoms with Crippen molar-refractivity contribution in [2.45, 2.75) is 25.8 Å². The summed E-state index contributed by atoms with van der Waals surface area (Å²) in [4.78, 5) is 26.1. The number of rotatable bonds is 2. The first kappa shape index (κ1) is 17.3. The molecule has 7 heteroatoms. The molecule has 2 heterocycles. The summed E-state index contributed by atoms with van der Waals surface area (Å²) in [6.45, 7) is 1.02. The molecular formula is C20H20FN3O3. The van der Waals surface area contributed by atoms with Crippen LogP contribution in [0.1, 0.15) is 23.1 Å². The molecule has 4 rings (SSSR count). The van der Waals surface area contributed by atoms with Gasteiger partial charge >= 0.3 is 6.03 Å². The highest BCUT2D eigenvalue weighted by molar-refractivity contribution is 6.01. The Morgan fingerprint density at radius 1 is 1.15 bits per heavy atom. The number of nitrogens with zero attached hydrogens (tertiary/aromatic N) is 1. The van der Waals surface area contributed by atoms with Crippen molar-refractivity contribution >= 4 is 23.3 Å². The van der Waals surface area contributed by atoms with E-state index in [4.69, 9.17) is 4.74 Å². The number of hydrogen-bond acceptors (Lipinski definition) is 3. The largest absolute Gasteiger partial charge is 0.497 e. The Morgan fingerprint density at radius 3 is 2.81 bits per heavy atom. The monoisotopic (exact) mass is 369 g/mol. The van der Waals surface area contributed by atoms with Crippen LogP contribution in [0.15, 0.2) is 30.3 Å². The van der Waals surface area contributed by atoms with Crippen LogP contribution in [0.2, 0.25) is 0 Å². The number of fused-ring (bicyclic) bond motifs is 2. The summed E-state index contributed by atoms with van der Waals surface area (Å²) in [6, 6.07) is 8.14. The number of carbonyl (C=O) groups is 2. The second kappa shape index (κ2) is 6.90. The number of anilines is 2. The van der Waals surface area contributed by atoms with Crippen LogP contribution >= 0.6 is 0 Å². The van der Waals surface area contributed by atoms with Gasteiger partial charge in [0, 0.05) is 19.5 Å². The number of benzene rings is 2. The van der Waals surface area contributed by atoms with E-state index in [-0.39, 0.29) is 11.9 Å². The average molecular weight is 369 g/mol. The van der Waals surface area contributed by atoms with Crippen molar-refractivity contribution in [1.82, 2.24) is 4.90 Å². The van der Waals surface area contributed by atoms with Crippen molar-refractivity contribution in [2.24, 2.45) is 0 Å². The van der Waals surface area contributed by atoms with Crippen LogP contribution in [0.4, 0.5) is 20.6 Å². The number of urea groups is 1. The van der Waals surface area contributed by atoms with E-state index < -0.39 is 5.82 Å². The number of ether oxygens (including phenoxy) is 1. The first-order chi connectivity index (χ1) is 13.0. The van der Waals surface area contributed by atoms with Crippen LogP contribution in [0.3, 0.4) is 0 Å². The highest BCUT2D eigenvalue weighted by atomic mass is 19.1. The van der Waals surface area contributed by atoms with Crippen LogP contribution in [0.25, 0.3) is 0 Å². The molecule has 0 spiro atoms. The zero-order valence-electron chi connectivity index (χ0n) is 15.0. The molecule has 0 radical (unpaired) electrons. The molecule has 2 aromatic rings. The smallest absolute Gasteiger partial charge is 0.322 e. The fourth-order valence-electron chi connectivity index (χ4n) is 3.58. The second-order valence-electron chi connectivity index (χ2n) is 6.77. The maximum Gasteiger partial charge on any atom is 0.322 e. The lowest BCUT2D eigenvalue weighted by atomic mass is 9.99. The standard InChI is InChI=1S/C20H20FN3O3/c1-27-16-4-2-14-11-24(7-6-12(14)9-16)20(26)22-17-10-15(21)8-13-3-5-18(25)23-19(13)17/h2,4,8-10H,3,5-7,11H2,1H3,(H,22,26)(H,23,25). The molecule has 0 atom stereocenters. The van der Waals surface area contributed by atoms with Gasteiger partial charge in [0.15, 0.2) is 0 Å². The van der Waals surface area contributed by atoms with Gasteiger partial charge in [0.2, 0.25) is 5.91 Å². The van der Waals surface area contributed by atoms with Crippen LogP contribution in [0, 0.1) is 5.82 Å². The van der Waals surface area contributed by atoms with E-state index in [2.05, 4.69) is 10.6 Å². The molecule has 2 aromatic carbocycles. The van der Waals surface area contributed by atoms with Crippen molar-refractivity contribution < 1.29 is 18.7 Å². The lowest BCUT2D eigenvalue weighted by Gasteiger charge is -2.30. The number of methoxy groups -OCH3 is 1. The summed E-state index contributed by atoms with van der Waals surface area (Å²) < 4.78 is 19.2. The second-order valence-corrected chi connectivity index (χ2v) is 6.77. The first-order valence-corrected chi connectivity index (χ1v) is 8.87. The zero-order valence-corrected chi connectivity index (χ0v) is 15.0. The minimum absolute atomic E-state index is 0.134. The SMILES string of the molecule is COc1ccc2c(c1)CCN(C(=O)Nc1cc(F)cc3c1NC(=O)CC3)C2. The van der Waals surface area contributed by atoms with E-state index in [9.17, 15) is 14.0 Å². The zero-order chi connectivity index (χ0) is 19.0. The molecule has 2 aliphatic rings. The van der Waals surface area contributed by atoms with Gasteiger partial charge in [0.25, 0.3) is 0 Å². The molecule has 0 saturated carbocycles. The molecular weight excluding hydrogens is 349 g/mol. The number of carbonyl (C=O) groups excluding carboxylic acids is 2. The first-order valence-electron chi connectivity index (χ1n) is 8.87. The average Bonchev–Trinajstić information content (AvgIpc) is 2.67. The number of amides is 3. The van der Waals surface area contributed by atoms with Gasteiger partial charge < -0.3 is 20.3 Å². The highest BCUT2D eigenvalue weighted by Gasteiger charge is 2.24. The van der Waals surface area contributed by atoms with Crippen molar-refractivity contribution in [3.05, 3.63) is 52.8 Å². The predicted molar refractivity (Wildman–Crippen MR) is 99.5 cm³/mol. The minimum Gasteiger partial charge on any atom is -0.497 e. The Balaban J connectivity index is 1.53. The molecule has 0 unspecified atom stereocenters. The Kier molecular flexibility index (Phi) is 4.43. The van der Waals surface area contributed by atoms with Gasteiger partial charge in [-0.2, -0.15) is 0 Å². The summed E-state index contributed by atoms with van der Waals surface area (Å²) in [7, 11) is 1.63. The maximum atomic E-state index is 13.9. The normalized spacial score (nSPS) is 15.5. The minimum atomic E-state index is -0.434. The molecule has 6 nitrogen and oxygen atoms in total. The molecule has 0 bridgehead atoms. The maximum absolute atomic E-state index is 13.9. The van der Waals surface area contributed by atoms with Crippen molar-refractivity contribution in [3.63, 3.8) is 0 Å². The highest BCUT2D eigenvalue weighted by Crippen LogP contribution is 2.32. The number of hydrogen-bond donors (Lipinski definition) is 2. The lowest BCUT2D eigenvalue weighted by molar-refractivity contribution is -0.116. The summed E-state index contributed by atoms with van der Waals surface area (Å²) in [6.07, 6.45) is 1.49. The number of aryl methyl sites for hydroxylation is 1. The fourth-order valence-corrected chi connectivity index (χ4v) is 3.58. The topological polar surface area (TPSA) is 70.7 Å². The van der Waals surface area contributed by atoms with Gasteiger partial charge in [0.1, 0.15) is 11.6 Å². The molecule has 0 aromatic heterocycles. The fraction of sp³-hybridized carbons (Fsp3) is 0.300. The van der Waals surface area contributed by atoms with Crippen LogP contribution in [0.5, 0.6) is 5.75 Å². The van der Waals surface area contributed by atoms with Gasteiger partial charge in [0.05, 0.1) is 18.5 Å². The van der Waals surface area contributed by atoms with E-state index in [0.717, 1.165) is 23.3 Å². The van der Waals surface area contributed by atoms with E-state index in [1.54, 1.807) is 12.0 Å². The van der Waals surface area contributed by atoms with Crippen LogP contribution in [-0.2, 0) is 24.2 Å². The molecule has 2 N–H and O–H groups in total. The third kappa shape index (κ3) is 3.45. The van der Waals surface area contributed by atoms with Gasteiger partial charge in [-0.3, -0.25) is 4.79 Å². The summed E-state index contributed by atoms with van der Waals surface area (Å²) in [5.41, 5.74) is 3.70. The van der Waals surface area contributed by atoms with Gasteiger partial charge in [-0.1, -0.05) is 6.07 Å². The molecule has 140 valence electrons. The van der Waals surface area contributed by atoms with E-state index in [1.165, 1.54) is 12.1 Å². The number of halogens is 1. The Hall–Kier alpha value is -3.09. The van der Waals surface area contributed by atoms with E-state index in [0.29, 0.717) is 42.9 Å². The van der Waals surface area contributed by atoms with Gasteiger partial charge in [-0.25, -0.2) is 9.18 Å². The van der Waals surface area contributed by atoms with Gasteiger partial charge in [-0.15, -0.1) is 0 Å². The Labute approximate surface area is 156 Å². The number of nitrogens with one attached hydrogen (secondary N) is 2. The molecule has 3 amide bonds. The summed E-state index contributed by atoms with van der Waals surface area (Å²) in [5.74, 6) is 0.232. The third-order valence-electron chi connectivity index (χ3n) is 5.03. The Bertz CT molecular complexity index is 929. The molecule has 2 aliphatic heterocycles. The third-order valence-corrected chi connectivity index (χ3v) is 5.03. The van der Waals surface area contributed by atoms with Gasteiger partial charge in [-0.05, 0) is 53.8 Å². The van der Waals surface area contributed by atoms with Crippen molar-refractivity contribution in [2.75, 3.05) is 24.3 Å². The quantitative estimate of drug-likeness (QED) is 0.853. The van der Waals surface area contributed by atoms with Crippen molar-refractivity contribution in [3.8, 4) is 5.75 Å². The van der Waals surface area contributed by atoms with E-state index >= 15 is 0 Å². The summed E-state index contributed by atoms with van der Waals surface area (Å²) >= 11 is 0. The Morgan fingerprint density at radius 2 is 2.00 bits per heavy atom. The summed E-state index contributed by atoms with van der Waals surface area (Å²) in [5, 5.41) is 5.50. The molecule has 0 fully saturated rings. The molecule has 27 heavy (non-hydrogen) atoms. The lowest BCUT2D eigenvalue weighted by Crippen LogP contribution is -2.39. The van der Waals surface area contributed by atoms with Crippen LogP contribution in [-0.4, -0.2) is 30.5 Å². The predicted octanol–water partition coefficient (Wildman–Crippen LogP) is 3.31. The molecule has 0 aliphatic carbocycles. The van der Waals surface area contributed by atoms with Crippen LogP contribution < -0.4 is 15.4 Å². The van der Waals surface area contributed by atoms with E-state index in [1.807, 2.05) is 18.2 Å². The molecule has 0 saturated heterocycles.